The Balaban J connectivity index is 2.01. The molecule has 13 nitrogen and oxygen atoms in total. The van der Waals surface area contributed by atoms with E-state index in [1.807, 2.05) is 20.8 Å². The van der Waals surface area contributed by atoms with Gasteiger partial charge in [-0.15, -0.1) is 5.10 Å². The summed E-state index contributed by atoms with van der Waals surface area (Å²) >= 11 is 0. The van der Waals surface area contributed by atoms with Gasteiger partial charge in [-0.25, -0.2) is 19.3 Å². The second kappa shape index (κ2) is 14.4. The van der Waals surface area contributed by atoms with E-state index in [0.717, 1.165) is 0 Å². The number of amides is 1. The van der Waals surface area contributed by atoms with E-state index in [9.17, 15) is 14.4 Å². The zero-order chi connectivity index (χ0) is 26.6. The Morgan fingerprint density at radius 3 is 2.00 bits per heavy atom. The second-order valence-electron chi connectivity index (χ2n) is 7.35. The summed E-state index contributed by atoms with van der Waals surface area (Å²) in [6.07, 6.45) is 2.15. The summed E-state index contributed by atoms with van der Waals surface area (Å²) < 4.78 is 28.2. The monoisotopic (exact) mass is 523 g/mol. The standard InChI is InChI=1S/C22H33N5O8Si/c1-6-33-36(34-7-2,35-8-3)11-9-10-23-20(28)12-16-15-27(26-25-16)17-13-18(21(29)31-4)24-19(14-17)22(30)32-5/h13-15H,6-12H2,1-5H3,(H,23,28). The van der Waals surface area contributed by atoms with E-state index in [4.69, 9.17) is 13.3 Å². The summed E-state index contributed by atoms with van der Waals surface area (Å²) in [4.78, 5) is 40.3. The van der Waals surface area contributed by atoms with E-state index < -0.39 is 20.7 Å². The lowest BCUT2D eigenvalue weighted by Crippen LogP contribution is -2.46. The van der Waals surface area contributed by atoms with E-state index in [2.05, 4.69) is 30.1 Å². The van der Waals surface area contributed by atoms with Crippen molar-refractivity contribution in [2.24, 2.45) is 0 Å². The zero-order valence-electron chi connectivity index (χ0n) is 21.2. The van der Waals surface area contributed by atoms with Crippen molar-refractivity contribution >= 4 is 26.7 Å². The van der Waals surface area contributed by atoms with Gasteiger partial charge in [0.25, 0.3) is 0 Å². The number of carbonyl (C=O) groups excluding carboxylic acids is 3. The quantitative estimate of drug-likeness (QED) is 0.204. The van der Waals surface area contributed by atoms with Gasteiger partial charge in [0.2, 0.25) is 5.91 Å². The molecular formula is C22H33N5O8Si. The predicted octanol–water partition coefficient (Wildman–Crippen LogP) is 1.33. The molecule has 2 heterocycles. The third-order valence-electron chi connectivity index (χ3n) is 4.82. The zero-order valence-corrected chi connectivity index (χ0v) is 22.2. The summed E-state index contributed by atoms with van der Waals surface area (Å²) in [7, 11) is -0.352. The van der Waals surface area contributed by atoms with Crippen LogP contribution in [0.4, 0.5) is 0 Å². The molecule has 0 saturated carbocycles. The van der Waals surface area contributed by atoms with E-state index in [-0.39, 0.29) is 23.7 Å². The minimum absolute atomic E-state index is 0.0102. The highest BCUT2D eigenvalue weighted by Gasteiger charge is 2.39. The maximum absolute atomic E-state index is 12.4. The summed E-state index contributed by atoms with van der Waals surface area (Å²) in [6, 6.07) is 3.37. The Hall–Kier alpha value is -3.20. The molecule has 1 N–H and O–H groups in total. The fourth-order valence-corrected chi connectivity index (χ4v) is 5.95. The van der Waals surface area contributed by atoms with Crippen molar-refractivity contribution in [3.63, 3.8) is 0 Å². The first-order valence-corrected chi connectivity index (χ1v) is 13.5. The molecule has 1 amide bonds. The largest absolute Gasteiger partial charge is 0.500 e. The maximum atomic E-state index is 12.4. The first kappa shape index (κ1) is 29.0. The third kappa shape index (κ3) is 8.19. The van der Waals surface area contributed by atoms with E-state index >= 15 is 0 Å². The Bertz CT molecular complexity index is 980. The van der Waals surface area contributed by atoms with Crippen molar-refractivity contribution in [3.05, 3.63) is 35.4 Å². The normalized spacial score (nSPS) is 11.2. The van der Waals surface area contributed by atoms with Crippen LogP contribution in [-0.2, 0) is 34.0 Å². The van der Waals surface area contributed by atoms with Crippen molar-refractivity contribution in [2.75, 3.05) is 40.6 Å². The first-order valence-electron chi connectivity index (χ1n) is 11.6. The Morgan fingerprint density at radius 2 is 1.50 bits per heavy atom. The van der Waals surface area contributed by atoms with Gasteiger partial charge in [0.05, 0.1) is 38.2 Å². The predicted molar refractivity (Wildman–Crippen MR) is 129 cm³/mol. The highest BCUT2D eigenvalue weighted by molar-refractivity contribution is 6.60. The van der Waals surface area contributed by atoms with Gasteiger partial charge in [-0.2, -0.15) is 0 Å². The lowest BCUT2D eigenvalue weighted by Gasteiger charge is -2.28. The molecule has 14 heteroatoms. The number of carbonyl (C=O) groups is 3. The van der Waals surface area contributed by atoms with Gasteiger partial charge in [0.1, 0.15) is 0 Å². The summed E-state index contributed by atoms with van der Waals surface area (Å²) in [6.45, 7) is 7.59. The molecule has 0 aliphatic rings. The van der Waals surface area contributed by atoms with Crippen LogP contribution in [0.1, 0.15) is 53.9 Å². The molecule has 36 heavy (non-hydrogen) atoms. The van der Waals surface area contributed by atoms with Gasteiger partial charge in [0.15, 0.2) is 11.4 Å². The maximum Gasteiger partial charge on any atom is 0.500 e. The lowest BCUT2D eigenvalue weighted by atomic mass is 10.2. The number of nitrogens with zero attached hydrogens (tertiary/aromatic N) is 4. The average Bonchev–Trinajstić information content (AvgIpc) is 3.34. The van der Waals surface area contributed by atoms with Crippen molar-refractivity contribution in [1.82, 2.24) is 25.3 Å². The van der Waals surface area contributed by atoms with Crippen LogP contribution in [0.15, 0.2) is 18.3 Å². The molecule has 198 valence electrons. The first-order chi connectivity index (χ1) is 17.3. The number of hydrogen-bond acceptors (Lipinski definition) is 11. The number of hydrogen-bond donors (Lipinski definition) is 1. The number of pyridine rings is 1. The fraction of sp³-hybridized carbons (Fsp3) is 0.545. The number of aromatic nitrogens is 4. The summed E-state index contributed by atoms with van der Waals surface area (Å²) in [5, 5.41) is 10.9. The third-order valence-corrected chi connectivity index (χ3v) is 7.97. The molecule has 0 spiro atoms. The molecule has 2 rings (SSSR count). The van der Waals surface area contributed by atoms with Gasteiger partial charge in [0, 0.05) is 32.4 Å². The van der Waals surface area contributed by atoms with Crippen LogP contribution in [-0.4, -0.2) is 87.2 Å². The SMILES string of the molecule is CCO[Si](CCCNC(=O)Cc1cn(-c2cc(C(=O)OC)nc(C(=O)OC)c2)nn1)(OCC)OCC. The van der Waals surface area contributed by atoms with Crippen molar-refractivity contribution < 1.29 is 37.1 Å². The number of esters is 2. The van der Waals surface area contributed by atoms with E-state index in [0.29, 0.717) is 50.2 Å². The molecule has 0 atom stereocenters. The average molecular weight is 524 g/mol. The number of methoxy groups -OCH3 is 2. The molecule has 2 aromatic rings. The van der Waals surface area contributed by atoms with Crippen LogP contribution >= 0.6 is 0 Å². The fourth-order valence-electron chi connectivity index (χ4n) is 3.33. The van der Waals surface area contributed by atoms with Crippen molar-refractivity contribution in [1.29, 1.82) is 0 Å². The number of rotatable bonds is 15. The van der Waals surface area contributed by atoms with Crippen LogP contribution in [0.25, 0.3) is 5.69 Å². The van der Waals surface area contributed by atoms with Gasteiger partial charge >= 0.3 is 20.7 Å². The summed E-state index contributed by atoms with van der Waals surface area (Å²) in [5.41, 5.74) is 0.520. The van der Waals surface area contributed by atoms with E-state index in [1.165, 1.54) is 37.2 Å². The van der Waals surface area contributed by atoms with Crippen LogP contribution < -0.4 is 5.32 Å². The van der Waals surface area contributed by atoms with E-state index in [1.54, 1.807) is 0 Å². The molecule has 0 saturated heterocycles. The Morgan fingerprint density at radius 1 is 0.944 bits per heavy atom. The molecule has 0 radical (unpaired) electrons. The molecule has 0 aliphatic heterocycles. The second-order valence-corrected chi connectivity index (χ2v) is 10.1. The molecule has 0 unspecified atom stereocenters. The van der Waals surface area contributed by atoms with Gasteiger partial charge in [-0.05, 0) is 39.3 Å². The Labute approximate surface area is 210 Å². The lowest BCUT2D eigenvalue weighted by molar-refractivity contribution is -0.120. The van der Waals surface area contributed by atoms with Crippen LogP contribution in [0.2, 0.25) is 6.04 Å². The molecular weight excluding hydrogens is 490 g/mol. The van der Waals surface area contributed by atoms with Crippen LogP contribution in [0, 0.1) is 0 Å². The smallest absolute Gasteiger partial charge is 0.464 e. The van der Waals surface area contributed by atoms with Gasteiger partial charge < -0.3 is 28.1 Å². The topological polar surface area (TPSA) is 153 Å². The molecule has 0 aromatic carbocycles. The van der Waals surface area contributed by atoms with Gasteiger partial charge in [-0.1, -0.05) is 5.21 Å². The molecule has 0 bridgehead atoms. The minimum atomic E-state index is -2.76. The molecule has 0 aliphatic carbocycles. The number of nitrogens with one attached hydrogen (secondary N) is 1. The molecule has 2 aromatic heterocycles. The number of ether oxygens (including phenoxy) is 2. The minimum Gasteiger partial charge on any atom is -0.464 e. The van der Waals surface area contributed by atoms with Crippen molar-refractivity contribution in [3.8, 4) is 5.69 Å². The van der Waals surface area contributed by atoms with Crippen LogP contribution in [0.5, 0.6) is 0 Å². The highest BCUT2D eigenvalue weighted by Crippen LogP contribution is 2.18. The van der Waals surface area contributed by atoms with Crippen LogP contribution in [0.3, 0.4) is 0 Å². The summed E-state index contributed by atoms with van der Waals surface area (Å²) in [5.74, 6) is -1.70. The Kier molecular flexibility index (Phi) is 11.6. The highest BCUT2D eigenvalue weighted by atomic mass is 28.4. The molecule has 0 fully saturated rings. The van der Waals surface area contributed by atoms with Gasteiger partial charge in [-0.3, -0.25) is 4.79 Å². The van der Waals surface area contributed by atoms with Crippen molar-refractivity contribution in [2.45, 2.75) is 39.7 Å².